The molecule has 2 atom stereocenters. The van der Waals surface area contributed by atoms with E-state index in [-0.39, 0.29) is 17.7 Å². The van der Waals surface area contributed by atoms with Gasteiger partial charge in [-0.15, -0.1) is 0 Å². The maximum absolute atomic E-state index is 12.2. The molecule has 1 amide bonds. The molecule has 6 nitrogen and oxygen atoms in total. The molecule has 112 valence electrons. The molecule has 1 fully saturated rings. The fourth-order valence-electron chi connectivity index (χ4n) is 1.91. The number of rotatable bonds is 6. The van der Waals surface area contributed by atoms with E-state index in [1.165, 1.54) is 4.31 Å². The summed E-state index contributed by atoms with van der Waals surface area (Å²) in [6.45, 7) is 7.88. The van der Waals surface area contributed by atoms with Gasteiger partial charge >= 0.3 is 0 Å². The summed E-state index contributed by atoms with van der Waals surface area (Å²) in [6, 6.07) is 0.0804. The molecule has 0 aliphatic carbocycles. The van der Waals surface area contributed by atoms with Gasteiger partial charge in [0, 0.05) is 32.2 Å². The molecule has 19 heavy (non-hydrogen) atoms. The minimum absolute atomic E-state index is 0.0804. The standard InChI is InChI=1S/C12H25N3O3S/c1-4-11(3)14-12(16)10(2)9-19(17,18)15-7-5-13-6-8-15/h10-11,13H,4-9H2,1-3H3,(H,14,16). The quantitative estimate of drug-likeness (QED) is 0.709. The van der Waals surface area contributed by atoms with Gasteiger partial charge in [0.1, 0.15) is 0 Å². The second kappa shape index (κ2) is 7.21. The van der Waals surface area contributed by atoms with Crippen molar-refractivity contribution in [2.75, 3.05) is 31.9 Å². The summed E-state index contributed by atoms with van der Waals surface area (Å²) in [7, 11) is -3.34. The third-order valence-corrected chi connectivity index (χ3v) is 5.45. The van der Waals surface area contributed by atoms with Crippen molar-refractivity contribution in [3.05, 3.63) is 0 Å². The van der Waals surface area contributed by atoms with Crippen LogP contribution in [0.2, 0.25) is 0 Å². The van der Waals surface area contributed by atoms with Crippen LogP contribution in [0, 0.1) is 5.92 Å². The normalized spacial score (nSPS) is 20.8. The summed E-state index contributed by atoms with van der Waals surface area (Å²) in [6.07, 6.45) is 0.836. The number of piperazine rings is 1. The summed E-state index contributed by atoms with van der Waals surface area (Å²) in [5.74, 6) is -0.822. The molecule has 0 radical (unpaired) electrons. The predicted octanol–water partition coefficient (Wildman–Crippen LogP) is -0.228. The fraction of sp³-hybridized carbons (Fsp3) is 0.917. The molecular weight excluding hydrogens is 266 g/mol. The van der Waals surface area contributed by atoms with Gasteiger partial charge in [0.15, 0.2) is 0 Å². The van der Waals surface area contributed by atoms with Crippen LogP contribution in [0.15, 0.2) is 0 Å². The van der Waals surface area contributed by atoms with Crippen LogP contribution >= 0.6 is 0 Å². The van der Waals surface area contributed by atoms with E-state index >= 15 is 0 Å². The fourth-order valence-corrected chi connectivity index (χ4v) is 3.64. The molecule has 1 heterocycles. The molecule has 0 saturated carbocycles. The lowest BCUT2D eigenvalue weighted by molar-refractivity contribution is -0.124. The van der Waals surface area contributed by atoms with Crippen LogP contribution in [0.3, 0.4) is 0 Å². The van der Waals surface area contributed by atoms with E-state index in [1.54, 1.807) is 6.92 Å². The summed E-state index contributed by atoms with van der Waals surface area (Å²) < 4.78 is 25.8. The minimum Gasteiger partial charge on any atom is -0.353 e. The van der Waals surface area contributed by atoms with Gasteiger partial charge in [-0.3, -0.25) is 4.79 Å². The molecule has 1 aliphatic rings. The molecule has 1 saturated heterocycles. The highest BCUT2D eigenvalue weighted by Gasteiger charge is 2.28. The number of sulfonamides is 1. The van der Waals surface area contributed by atoms with Crippen molar-refractivity contribution in [2.45, 2.75) is 33.2 Å². The maximum atomic E-state index is 12.2. The number of carbonyl (C=O) groups is 1. The van der Waals surface area contributed by atoms with E-state index in [2.05, 4.69) is 10.6 Å². The molecule has 1 rings (SSSR count). The van der Waals surface area contributed by atoms with E-state index in [0.29, 0.717) is 26.2 Å². The lowest BCUT2D eigenvalue weighted by Crippen LogP contribution is -2.48. The van der Waals surface area contributed by atoms with Gasteiger partial charge in [-0.2, -0.15) is 4.31 Å². The van der Waals surface area contributed by atoms with E-state index < -0.39 is 15.9 Å². The molecule has 1 aliphatic heterocycles. The first-order valence-electron chi connectivity index (χ1n) is 6.85. The van der Waals surface area contributed by atoms with E-state index in [9.17, 15) is 13.2 Å². The molecule has 2 unspecified atom stereocenters. The first kappa shape index (κ1) is 16.4. The van der Waals surface area contributed by atoms with Crippen LogP contribution in [0.5, 0.6) is 0 Å². The van der Waals surface area contributed by atoms with Gasteiger partial charge in [-0.25, -0.2) is 8.42 Å². The van der Waals surface area contributed by atoms with E-state index in [0.717, 1.165) is 6.42 Å². The van der Waals surface area contributed by atoms with Crippen molar-refractivity contribution in [1.82, 2.24) is 14.9 Å². The molecule has 0 spiro atoms. The predicted molar refractivity (Wildman–Crippen MR) is 75.3 cm³/mol. The monoisotopic (exact) mass is 291 g/mol. The third-order valence-electron chi connectivity index (χ3n) is 3.38. The molecule has 0 aromatic heterocycles. The van der Waals surface area contributed by atoms with Crippen LogP contribution in [0.1, 0.15) is 27.2 Å². The lowest BCUT2D eigenvalue weighted by Gasteiger charge is -2.27. The molecule has 0 aromatic carbocycles. The first-order chi connectivity index (χ1) is 8.86. The van der Waals surface area contributed by atoms with Gasteiger partial charge in [0.25, 0.3) is 0 Å². The highest BCUT2D eigenvalue weighted by Crippen LogP contribution is 2.09. The van der Waals surface area contributed by atoms with Gasteiger partial charge in [-0.05, 0) is 13.3 Å². The highest BCUT2D eigenvalue weighted by atomic mass is 32.2. The van der Waals surface area contributed by atoms with Gasteiger partial charge in [-0.1, -0.05) is 13.8 Å². The van der Waals surface area contributed by atoms with Crippen LogP contribution in [-0.4, -0.2) is 56.6 Å². The third kappa shape index (κ3) is 5.08. The second-order valence-electron chi connectivity index (χ2n) is 5.15. The summed E-state index contributed by atoms with van der Waals surface area (Å²) >= 11 is 0. The number of hydrogen-bond donors (Lipinski definition) is 2. The van der Waals surface area contributed by atoms with E-state index in [4.69, 9.17) is 0 Å². The number of nitrogens with zero attached hydrogens (tertiary/aromatic N) is 1. The first-order valence-corrected chi connectivity index (χ1v) is 8.46. The van der Waals surface area contributed by atoms with Gasteiger partial charge in [0.05, 0.1) is 11.7 Å². The molecular formula is C12H25N3O3S. The van der Waals surface area contributed by atoms with E-state index in [1.807, 2.05) is 13.8 Å². The molecule has 2 N–H and O–H groups in total. The second-order valence-corrected chi connectivity index (χ2v) is 7.16. The van der Waals surface area contributed by atoms with Crippen molar-refractivity contribution in [3.8, 4) is 0 Å². The Bertz CT molecular complexity index is 391. The summed E-state index contributed by atoms with van der Waals surface area (Å²) in [4.78, 5) is 11.9. The average molecular weight is 291 g/mol. The number of nitrogens with one attached hydrogen (secondary N) is 2. The van der Waals surface area contributed by atoms with Crippen molar-refractivity contribution in [1.29, 1.82) is 0 Å². The minimum atomic E-state index is -3.34. The Morgan fingerprint density at radius 2 is 1.89 bits per heavy atom. The van der Waals surface area contributed by atoms with Crippen molar-refractivity contribution < 1.29 is 13.2 Å². The molecule has 0 aromatic rings. The zero-order valence-corrected chi connectivity index (χ0v) is 12.8. The molecule has 0 bridgehead atoms. The Balaban J connectivity index is 2.54. The maximum Gasteiger partial charge on any atom is 0.224 e. The Morgan fingerprint density at radius 3 is 2.42 bits per heavy atom. The lowest BCUT2D eigenvalue weighted by atomic mass is 10.2. The Morgan fingerprint density at radius 1 is 1.32 bits per heavy atom. The summed E-state index contributed by atoms with van der Waals surface area (Å²) in [5, 5.41) is 5.93. The zero-order valence-electron chi connectivity index (χ0n) is 12.0. The smallest absolute Gasteiger partial charge is 0.224 e. The van der Waals surface area contributed by atoms with Crippen LogP contribution < -0.4 is 10.6 Å². The highest BCUT2D eigenvalue weighted by molar-refractivity contribution is 7.89. The molecule has 7 heteroatoms. The van der Waals surface area contributed by atoms with Crippen LogP contribution in [-0.2, 0) is 14.8 Å². The SMILES string of the molecule is CCC(C)NC(=O)C(C)CS(=O)(=O)N1CCNCC1. The van der Waals surface area contributed by atoms with Crippen molar-refractivity contribution in [2.24, 2.45) is 5.92 Å². The van der Waals surface area contributed by atoms with Crippen molar-refractivity contribution >= 4 is 15.9 Å². The zero-order chi connectivity index (χ0) is 14.5. The Labute approximate surface area is 116 Å². The van der Waals surface area contributed by atoms with Crippen LogP contribution in [0.4, 0.5) is 0 Å². The largest absolute Gasteiger partial charge is 0.353 e. The topological polar surface area (TPSA) is 78.5 Å². The number of carbonyl (C=O) groups excluding carboxylic acids is 1. The summed E-state index contributed by atoms with van der Waals surface area (Å²) in [5.41, 5.74) is 0. The Kier molecular flexibility index (Phi) is 6.22. The van der Waals surface area contributed by atoms with Gasteiger partial charge in [0.2, 0.25) is 15.9 Å². The number of amides is 1. The average Bonchev–Trinajstić information content (AvgIpc) is 2.39. The van der Waals surface area contributed by atoms with Crippen LogP contribution in [0.25, 0.3) is 0 Å². The van der Waals surface area contributed by atoms with Gasteiger partial charge < -0.3 is 10.6 Å². The van der Waals surface area contributed by atoms with Crippen molar-refractivity contribution in [3.63, 3.8) is 0 Å². The number of hydrogen-bond acceptors (Lipinski definition) is 4. The Hall–Kier alpha value is -0.660.